The number of hydrogen-bond acceptors (Lipinski definition) is 5. The van der Waals surface area contributed by atoms with Crippen molar-refractivity contribution in [2.24, 2.45) is 0 Å². The summed E-state index contributed by atoms with van der Waals surface area (Å²) in [7, 11) is 0. The molecule has 1 amide bonds. The molecule has 3 N–H and O–H groups in total. The van der Waals surface area contributed by atoms with Gasteiger partial charge in [-0.2, -0.15) is 0 Å². The molecule has 0 aliphatic carbocycles. The van der Waals surface area contributed by atoms with Crippen molar-refractivity contribution in [2.75, 3.05) is 12.3 Å². The van der Waals surface area contributed by atoms with Crippen LogP contribution >= 0.6 is 22.7 Å². The quantitative estimate of drug-likeness (QED) is 0.872. The van der Waals surface area contributed by atoms with Crippen LogP contribution in [-0.4, -0.2) is 17.4 Å². The maximum Gasteiger partial charge on any atom is 0.263 e. The van der Waals surface area contributed by atoms with Gasteiger partial charge in [0.1, 0.15) is 4.88 Å². The molecule has 0 unspecified atom stereocenters. The molecule has 16 heavy (non-hydrogen) atoms. The van der Waals surface area contributed by atoms with Crippen LogP contribution < -0.4 is 11.1 Å². The predicted molar refractivity (Wildman–Crippen MR) is 66.9 cm³/mol. The first-order chi connectivity index (χ1) is 7.77. The number of carbonyl (C=O) groups excluding carboxylic acids is 1. The second-order valence-corrected chi connectivity index (χ2v) is 5.03. The third-order valence-electron chi connectivity index (χ3n) is 2.01. The summed E-state index contributed by atoms with van der Waals surface area (Å²) in [5.41, 5.74) is 6.19. The Kier molecular flexibility index (Phi) is 3.53. The van der Waals surface area contributed by atoms with E-state index in [2.05, 4.69) is 10.3 Å². The molecule has 0 radical (unpaired) electrons. The zero-order valence-electron chi connectivity index (χ0n) is 8.47. The zero-order valence-corrected chi connectivity index (χ0v) is 10.1. The Morgan fingerprint density at radius 2 is 2.31 bits per heavy atom. The Morgan fingerprint density at radius 3 is 2.94 bits per heavy atom. The van der Waals surface area contributed by atoms with E-state index < -0.39 is 0 Å². The summed E-state index contributed by atoms with van der Waals surface area (Å²) in [6, 6.07) is 1.74. The van der Waals surface area contributed by atoms with Crippen molar-refractivity contribution < 1.29 is 4.79 Å². The van der Waals surface area contributed by atoms with Gasteiger partial charge < -0.3 is 11.1 Å². The van der Waals surface area contributed by atoms with Gasteiger partial charge in [0.25, 0.3) is 5.91 Å². The van der Waals surface area contributed by atoms with Crippen LogP contribution in [0.25, 0.3) is 0 Å². The maximum absolute atomic E-state index is 11.7. The molecule has 0 aromatic carbocycles. The Morgan fingerprint density at radius 1 is 1.44 bits per heavy atom. The lowest BCUT2D eigenvalue weighted by atomic mass is 10.3. The molecule has 0 atom stereocenters. The van der Waals surface area contributed by atoms with Crippen molar-refractivity contribution in [3.63, 3.8) is 0 Å². The number of nitrogens with zero attached hydrogens (tertiary/aromatic N) is 1. The number of nitrogen functional groups attached to an aromatic ring is 1. The lowest BCUT2D eigenvalue weighted by Gasteiger charge is -2.02. The summed E-state index contributed by atoms with van der Waals surface area (Å²) in [6.07, 6.45) is 2.52. The molecule has 0 saturated heterocycles. The van der Waals surface area contributed by atoms with E-state index in [9.17, 15) is 4.79 Å². The van der Waals surface area contributed by atoms with Gasteiger partial charge in [-0.3, -0.25) is 4.79 Å². The fourth-order valence-electron chi connectivity index (χ4n) is 1.24. The summed E-state index contributed by atoms with van der Waals surface area (Å²) in [4.78, 5) is 16.4. The van der Waals surface area contributed by atoms with Crippen molar-refractivity contribution >= 4 is 34.3 Å². The predicted octanol–water partition coefficient (Wildman–Crippen LogP) is 1.76. The van der Waals surface area contributed by atoms with E-state index in [1.54, 1.807) is 23.6 Å². The zero-order chi connectivity index (χ0) is 11.4. The van der Waals surface area contributed by atoms with E-state index in [0.29, 0.717) is 17.1 Å². The first-order valence-corrected chi connectivity index (χ1v) is 6.53. The highest BCUT2D eigenvalue weighted by molar-refractivity contribution is 7.12. The van der Waals surface area contributed by atoms with E-state index in [0.717, 1.165) is 11.4 Å². The van der Waals surface area contributed by atoms with E-state index in [4.69, 9.17) is 5.73 Å². The summed E-state index contributed by atoms with van der Waals surface area (Å²) in [5.74, 6) is -0.107. The van der Waals surface area contributed by atoms with Crippen LogP contribution in [0.5, 0.6) is 0 Å². The molecular formula is C10H11N3OS2. The summed E-state index contributed by atoms with van der Waals surface area (Å²) < 4.78 is 0. The number of thiazole rings is 1. The third kappa shape index (κ3) is 2.59. The number of hydrogen-bond donors (Lipinski definition) is 2. The Balaban J connectivity index is 1.83. The van der Waals surface area contributed by atoms with Crippen LogP contribution in [0, 0.1) is 0 Å². The van der Waals surface area contributed by atoms with E-state index in [1.807, 2.05) is 10.8 Å². The number of rotatable bonds is 4. The van der Waals surface area contributed by atoms with Gasteiger partial charge >= 0.3 is 0 Å². The lowest BCUT2D eigenvalue weighted by molar-refractivity contribution is 0.0959. The van der Waals surface area contributed by atoms with Crippen molar-refractivity contribution in [2.45, 2.75) is 6.42 Å². The first-order valence-electron chi connectivity index (χ1n) is 4.77. The maximum atomic E-state index is 11.7. The molecule has 6 heteroatoms. The minimum absolute atomic E-state index is 0.107. The van der Waals surface area contributed by atoms with Gasteiger partial charge in [-0.05, 0) is 11.4 Å². The monoisotopic (exact) mass is 253 g/mol. The van der Waals surface area contributed by atoms with Crippen LogP contribution in [0.1, 0.15) is 14.7 Å². The molecule has 2 heterocycles. The van der Waals surface area contributed by atoms with Crippen LogP contribution in [0.15, 0.2) is 23.0 Å². The topological polar surface area (TPSA) is 68.0 Å². The average molecular weight is 253 g/mol. The molecule has 2 rings (SSSR count). The molecule has 84 valence electrons. The van der Waals surface area contributed by atoms with Crippen molar-refractivity contribution in [3.05, 3.63) is 32.9 Å². The molecule has 2 aromatic heterocycles. The lowest BCUT2D eigenvalue weighted by Crippen LogP contribution is -2.25. The summed E-state index contributed by atoms with van der Waals surface area (Å²) >= 11 is 2.95. The van der Waals surface area contributed by atoms with Gasteiger partial charge in [0.2, 0.25) is 0 Å². The van der Waals surface area contributed by atoms with E-state index >= 15 is 0 Å². The van der Waals surface area contributed by atoms with Gasteiger partial charge in [0.15, 0.2) is 0 Å². The Hall–Kier alpha value is -1.40. The fraction of sp³-hybridized carbons (Fsp3) is 0.200. The van der Waals surface area contributed by atoms with Gasteiger partial charge in [-0.1, -0.05) is 0 Å². The number of anilines is 1. The molecular weight excluding hydrogens is 242 g/mol. The third-order valence-corrected chi connectivity index (χ3v) is 3.78. The first kappa shape index (κ1) is 11.1. The van der Waals surface area contributed by atoms with Gasteiger partial charge in [-0.25, -0.2) is 4.98 Å². The number of amides is 1. The molecule has 0 saturated carbocycles. The largest absolute Gasteiger partial charge is 0.397 e. The van der Waals surface area contributed by atoms with Gasteiger partial charge in [0.05, 0.1) is 10.7 Å². The second kappa shape index (κ2) is 5.09. The van der Waals surface area contributed by atoms with E-state index in [-0.39, 0.29) is 5.91 Å². The van der Waals surface area contributed by atoms with Crippen molar-refractivity contribution in [3.8, 4) is 0 Å². The molecule has 0 fully saturated rings. The molecule has 0 bridgehead atoms. The van der Waals surface area contributed by atoms with Crippen LogP contribution in [-0.2, 0) is 6.42 Å². The number of nitrogens with two attached hydrogens (primary N) is 1. The molecule has 0 aliphatic heterocycles. The van der Waals surface area contributed by atoms with E-state index in [1.165, 1.54) is 11.3 Å². The Bertz CT molecular complexity index is 464. The van der Waals surface area contributed by atoms with Crippen molar-refractivity contribution in [1.82, 2.24) is 10.3 Å². The van der Waals surface area contributed by atoms with Crippen LogP contribution in [0.2, 0.25) is 0 Å². The molecule has 0 aliphatic rings. The molecule has 4 nitrogen and oxygen atoms in total. The number of carbonyl (C=O) groups is 1. The normalized spacial score (nSPS) is 10.2. The SMILES string of the molecule is Nc1ccsc1C(=O)NCCc1nccs1. The Labute approximate surface area is 101 Å². The van der Waals surface area contributed by atoms with Crippen LogP contribution in [0.4, 0.5) is 5.69 Å². The summed E-state index contributed by atoms with van der Waals surface area (Å²) in [5, 5.41) is 7.59. The van der Waals surface area contributed by atoms with Gasteiger partial charge in [0, 0.05) is 24.5 Å². The number of nitrogens with one attached hydrogen (secondary N) is 1. The smallest absolute Gasteiger partial charge is 0.263 e. The summed E-state index contributed by atoms with van der Waals surface area (Å²) in [6.45, 7) is 0.587. The number of aromatic nitrogens is 1. The highest BCUT2D eigenvalue weighted by Crippen LogP contribution is 2.18. The number of thiophene rings is 1. The fourth-order valence-corrected chi connectivity index (χ4v) is 2.60. The minimum Gasteiger partial charge on any atom is -0.397 e. The molecule has 2 aromatic rings. The highest BCUT2D eigenvalue weighted by atomic mass is 32.1. The minimum atomic E-state index is -0.107. The van der Waals surface area contributed by atoms with Crippen molar-refractivity contribution in [1.29, 1.82) is 0 Å². The van der Waals surface area contributed by atoms with Gasteiger partial charge in [-0.15, -0.1) is 22.7 Å². The second-order valence-electron chi connectivity index (χ2n) is 3.14. The average Bonchev–Trinajstić information content (AvgIpc) is 2.88. The molecule has 0 spiro atoms. The highest BCUT2D eigenvalue weighted by Gasteiger charge is 2.10. The van der Waals surface area contributed by atoms with Crippen LogP contribution in [0.3, 0.4) is 0 Å². The standard InChI is InChI=1S/C10H11N3OS2/c11-7-2-5-16-9(7)10(14)13-3-1-8-12-4-6-15-8/h2,4-6H,1,3,11H2,(H,13,14).